The number of hydrogen-bond acceptors (Lipinski definition) is 5. The molecule has 9 heteroatoms. The molecule has 0 aliphatic carbocycles. The fourth-order valence-electron chi connectivity index (χ4n) is 3.39. The van der Waals surface area contributed by atoms with Crippen LogP contribution in [0.25, 0.3) is 0 Å². The van der Waals surface area contributed by atoms with Crippen LogP contribution in [0.4, 0.5) is 0 Å². The van der Waals surface area contributed by atoms with Crippen LogP contribution >= 0.6 is 11.6 Å². The third kappa shape index (κ3) is 6.20. The highest BCUT2D eigenvalue weighted by molar-refractivity contribution is 6.31. The topological polar surface area (TPSA) is 101 Å². The molecule has 0 spiro atoms. The van der Waals surface area contributed by atoms with Crippen molar-refractivity contribution in [1.29, 1.82) is 0 Å². The van der Waals surface area contributed by atoms with Crippen molar-refractivity contribution in [3.63, 3.8) is 0 Å². The Morgan fingerprint density at radius 3 is 2.84 bits per heavy atom. The Labute approximate surface area is 192 Å². The van der Waals surface area contributed by atoms with Crippen molar-refractivity contribution >= 4 is 29.3 Å². The van der Waals surface area contributed by atoms with E-state index in [0.717, 1.165) is 5.56 Å². The fraction of sp³-hybridized carbons (Fsp3) is 0.391. The minimum Gasteiger partial charge on any atom is -0.491 e. The van der Waals surface area contributed by atoms with E-state index in [1.807, 2.05) is 13.0 Å². The summed E-state index contributed by atoms with van der Waals surface area (Å²) >= 11 is 6.06. The van der Waals surface area contributed by atoms with Gasteiger partial charge in [0.1, 0.15) is 18.1 Å². The molecule has 3 rings (SSSR count). The van der Waals surface area contributed by atoms with E-state index in [1.54, 1.807) is 37.4 Å². The van der Waals surface area contributed by atoms with Crippen LogP contribution in [0.15, 0.2) is 36.5 Å². The molecule has 0 saturated carbocycles. The van der Waals surface area contributed by atoms with Crippen LogP contribution in [0.5, 0.6) is 5.75 Å². The summed E-state index contributed by atoms with van der Waals surface area (Å²) in [6.45, 7) is 4.45. The first kappa shape index (κ1) is 23.5. The summed E-state index contributed by atoms with van der Waals surface area (Å²) in [5.74, 6) is -0.475. The molecule has 32 heavy (non-hydrogen) atoms. The van der Waals surface area contributed by atoms with E-state index in [0.29, 0.717) is 48.0 Å². The second-order valence-electron chi connectivity index (χ2n) is 7.78. The van der Waals surface area contributed by atoms with E-state index < -0.39 is 0 Å². The smallest absolute Gasteiger partial charge is 0.273 e. The summed E-state index contributed by atoms with van der Waals surface area (Å²) in [6.07, 6.45) is 2.80. The third-order valence-corrected chi connectivity index (χ3v) is 5.29. The summed E-state index contributed by atoms with van der Waals surface area (Å²) in [6, 6.07) is 8.08. The molecular formula is C23H27ClN4O4. The lowest BCUT2D eigenvalue weighted by Crippen LogP contribution is -2.45. The third-order valence-electron chi connectivity index (χ3n) is 5.06. The number of carbonyl (C=O) groups is 3. The lowest BCUT2D eigenvalue weighted by molar-refractivity contribution is -0.122. The molecule has 2 aromatic rings. The molecular weight excluding hydrogens is 432 g/mol. The number of hydrogen-bond donors (Lipinski definition) is 2. The number of aryl methyl sites for hydroxylation is 1. The molecule has 1 aliphatic rings. The lowest BCUT2D eigenvalue weighted by Gasteiger charge is -2.23. The van der Waals surface area contributed by atoms with Crippen LogP contribution in [0.1, 0.15) is 46.2 Å². The van der Waals surface area contributed by atoms with Gasteiger partial charge in [0, 0.05) is 24.3 Å². The minimum atomic E-state index is -0.340. The van der Waals surface area contributed by atoms with Gasteiger partial charge in [0.2, 0.25) is 5.91 Å². The number of fused-ring (bicyclic) bond motifs is 1. The zero-order valence-corrected chi connectivity index (χ0v) is 18.9. The summed E-state index contributed by atoms with van der Waals surface area (Å²) in [7, 11) is 0. The van der Waals surface area contributed by atoms with Gasteiger partial charge < -0.3 is 20.3 Å². The van der Waals surface area contributed by atoms with Gasteiger partial charge in [-0.15, -0.1) is 0 Å². The summed E-state index contributed by atoms with van der Waals surface area (Å²) in [5.41, 5.74) is 1.42. The van der Waals surface area contributed by atoms with E-state index in [4.69, 9.17) is 16.3 Å². The van der Waals surface area contributed by atoms with E-state index in [-0.39, 0.29) is 36.9 Å². The fourth-order valence-corrected chi connectivity index (χ4v) is 3.56. The number of nitrogens with zero attached hydrogens (tertiary/aromatic N) is 2. The number of carbonyl (C=O) groups excluding carboxylic acids is 3. The maximum Gasteiger partial charge on any atom is 0.273 e. The number of benzene rings is 1. The zero-order chi connectivity index (χ0) is 23.1. The average Bonchev–Trinajstić information content (AvgIpc) is 2.76. The average molecular weight is 459 g/mol. The Hall–Kier alpha value is -3.13. The normalized spacial score (nSPS) is 18.3. The molecule has 0 unspecified atom stereocenters. The number of aromatic nitrogens is 1. The number of nitrogens with one attached hydrogen (secondary N) is 2. The molecule has 3 amide bonds. The second-order valence-corrected chi connectivity index (χ2v) is 8.22. The van der Waals surface area contributed by atoms with Gasteiger partial charge in [-0.3, -0.25) is 19.4 Å². The molecule has 8 nitrogen and oxygen atoms in total. The van der Waals surface area contributed by atoms with Gasteiger partial charge >= 0.3 is 0 Å². The standard InChI is InChI=1S/C23H27ClN4O4/c1-15-6-5-10-25-21(15)23(31)28-11-4-3-9-26-22(30)18-12-17(24)7-8-19(18)32-14-16(2)27-20(29)13-28/h5-8,10,12,16H,3-4,9,11,13-14H2,1-2H3,(H,26,30)(H,27,29)/t16-/m0/s1. The Kier molecular flexibility index (Phi) is 8.05. The highest BCUT2D eigenvalue weighted by atomic mass is 35.5. The van der Waals surface area contributed by atoms with E-state index in [9.17, 15) is 14.4 Å². The van der Waals surface area contributed by atoms with Crippen molar-refractivity contribution < 1.29 is 19.1 Å². The highest BCUT2D eigenvalue weighted by Crippen LogP contribution is 2.23. The van der Waals surface area contributed by atoms with Gasteiger partial charge in [-0.1, -0.05) is 17.7 Å². The molecule has 170 valence electrons. The van der Waals surface area contributed by atoms with Gasteiger partial charge in [0.05, 0.1) is 18.2 Å². The van der Waals surface area contributed by atoms with E-state index in [2.05, 4.69) is 15.6 Å². The first-order chi connectivity index (χ1) is 15.3. The number of ether oxygens (including phenoxy) is 1. The first-order valence-electron chi connectivity index (χ1n) is 10.6. The summed E-state index contributed by atoms with van der Waals surface area (Å²) < 4.78 is 5.78. The number of pyridine rings is 1. The van der Waals surface area contributed by atoms with Gasteiger partial charge in [-0.2, -0.15) is 0 Å². The molecule has 2 heterocycles. The second kappa shape index (κ2) is 10.9. The monoisotopic (exact) mass is 458 g/mol. The largest absolute Gasteiger partial charge is 0.491 e. The maximum absolute atomic E-state index is 13.1. The van der Waals surface area contributed by atoms with Gasteiger partial charge in [0.15, 0.2) is 0 Å². The van der Waals surface area contributed by atoms with Crippen LogP contribution < -0.4 is 15.4 Å². The molecule has 0 bridgehead atoms. The molecule has 1 atom stereocenters. The number of amides is 3. The molecule has 1 aliphatic heterocycles. The molecule has 0 radical (unpaired) electrons. The van der Waals surface area contributed by atoms with Crippen LogP contribution in [-0.4, -0.2) is 59.9 Å². The van der Waals surface area contributed by atoms with Crippen molar-refractivity contribution in [2.75, 3.05) is 26.2 Å². The quantitative estimate of drug-likeness (QED) is 0.684. The van der Waals surface area contributed by atoms with Crippen LogP contribution in [0, 0.1) is 6.92 Å². The summed E-state index contributed by atoms with van der Waals surface area (Å²) in [5, 5.41) is 6.14. The molecule has 1 aromatic carbocycles. The van der Waals surface area contributed by atoms with Crippen LogP contribution in [-0.2, 0) is 4.79 Å². The Morgan fingerprint density at radius 1 is 1.25 bits per heavy atom. The Bertz CT molecular complexity index is 998. The van der Waals surface area contributed by atoms with Crippen LogP contribution in [0.3, 0.4) is 0 Å². The van der Waals surface area contributed by atoms with Gasteiger partial charge in [-0.25, -0.2) is 0 Å². The van der Waals surface area contributed by atoms with Crippen molar-refractivity contribution in [1.82, 2.24) is 20.5 Å². The minimum absolute atomic E-state index is 0.0856. The molecule has 0 saturated heterocycles. The predicted octanol–water partition coefficient (Wildman–Crippen LogP) is 2.59. The van der Waals surface area contributed by atoms with E-state index in [1.165, 1.54) is 4.90 Å². The molecule has 0 fully saturated rings. The van der Waals surface area contributed by atoms with E-state index >= 15 is 0 Å². The SMILES string of the molecule is Cc1cccnc1C(=O)N1CCCCNC(=O)c2cc(Cl)ccc2OC[C@H](C)NC(=O)C1. The van der Waals surface area contributed by atoms with Gasteiger partial charge in [-0.05, 0) is 56.5 Å². The Balaban J connectivity index is 1.77. The predicted molar refractivity (Wildman–Crippen MR) is 121 cm³/mol. The van der Waals surface area contributed by atoms with Crippen molar-refractivity contribution in [3.8, 4) is 5.75 Å². The Morgan fingerprint density at radius 2 is 2.06 bits per heavy atom. The first-order valence-corrected chi connectivity index (χ1v) is 10.9. The number of rotatable bonds is 1. The zero-order valence-electron chi connectivity index (χ0n) is 18.2. The van der Waals surface area contributed by atoms with Gasteiger partial charge in [0.25, 0.3) is 11.8 Å². The van der Waals surface area contributed by atoms with Crippen molar-refractivity contribution in [3.05, 3.63) is 58.4 Å². The van der Waals surface area contributed by atoms with Crippen molar-refractivity contribution in [2.45, 2.75) is 32.7 Å². The number of halogens is 1. The maximum atomic E-state index is 13.1. The molecule has 1 aromatic heterocycles. The van der Waals surface area contributed by atoms with Crippen LogP contribution in [0.2, 0.25) is 5.02 Å². The summed E-state index contributed by atoms with van der Waals surface area (Å²) in [4.78, 5) is 44.0. The highest BCUT2D eigenvalue weighted by Gasteiger charge is 2.22. The lowest BCUT2D eigenvalue weighted by atomic mass is 10.1. The molecule has 2 N–H and O–H groups in total. The van der Waals surface area contributed by atoms with Crippen molar-refractivity contribution in [2.24, 2.45) is 0 Å².